The van der Waals surface area contributed by atoms with Crippen molar-refractivity contribution in [2.75, 3.05) is 23.8 Å². The van der Waals surface area contributed by atoms with Crippen molar-refractivity contribution in [3.8, 4) is 5.69 Å². The first-order valence-electron chi connectivity index (χ1n) is 8.41. The van der Waals surface area contributed by atoms with Crippen LogP contribution in [0, 0.1) is 0 Å². The van der Waals surface area contributed by atoms with Crippen LogP contribution in [0.2, 0.25) is 0 Å². The highest BCUT2D eigenvalue weighted by Gasteiger charge is 2.09. The number of nitrogens with zero attached hydrogens (tertiary/aromatic N) is 3. The van der Waals surface area contributed by atoms with Gasteiger partial charge in [-0.25, -0.2) is 4.68 Å². The Morgan fingerprint density at radius 3 is 2.48 bits per heavy atom. The fraction of sp³-hybridized carbons (Fsp3) is 0.200. The lowest BCUT2D eigenvalue weighted by atomic mass is 10.2. The summed E-state index contributed by atoms with van der Waals surface area (Å²) in [5, 5.41) is 7.23. The van der Waals surface area contributed by atoms with E-state index in [9.17, 15) is 4.79 Å². The highest BCUT2D eigenvalue weighted by atomic mass is 16.1. The molecule has 5 heteroatoms. The molecule has 1 heterocycles. The first-order chi connectivity index (χ1) is 12.2. The Balaban J connectivity index is 1.67. The molecule has 5 nitrogen and oxygen atoms in total. The summed E-state index contributed by atoms with van der Waals surface area (Å²) in [6, 6.07) is 19.2. The van der Waals surface area contributed by atoms with Crippen molar-refractivity contribution in [2.24, 2.45) is 0 Å². The molecule has 0 saturated carbocycles. The van der Waals surface area contributed by atoms with E-state index in [0.717, 1.165) is 24.3 Å². The first-order valence-corrected chi connectivity index (χ1v) is 8.41. The second kappa shape index (κ2) is 7.66. The lowest BCUT2D eigenvalue weighted by Gasteiger charge is -2.18. The van der Waals surface area contributed by atoms with Crippen LogP contribution in [-0.2, 0) is 0 Å². The van der Waals surface area contributed by atoms with Crippen LogP contribution in [0.3, 0.4) is 0 Å². The van der Waals surface area contributed by atoms with E-state index in [-0.39, 0.29) is 5.91 Å². The summed E-state index contributed by atoms with van der Waals surface area (Å²) < 4.78 is 1.73. The van der Waals surface area contributed by atoms with Gasteiger partial charge in [0.05, 0.1) is 5.69 Å². The molecule has 0 saturated heterocycles. The number of para-hydroxylation sites is 1. The fourth-order valence-electron chi connectivity index (χ4n) is 2.64. The topological polar surface area (TPSA) is 50.2 Å². The third-order valence-corrected chi connectivity index (χ3v) is 3.98. The van der Waals surface area contributed by atoms with E-state index in [1.165, 1.54) is 0 Å². The standard InChI is InChI=1S/C20H22N4O/c1-3-14-23(2)17-11-9-16(10-12-17)20(25)21-19-13-15-24(22-19)18-7-5-4-6-8-18/h4-13,15H,3,14H2,1-2H3,(H,21,22,25). The molecule has 0 fully saturated rings. The van der Waals surface area contributed by atoms with Crippen LogP contribution >= 0.6 is 0 Å². The second-order valence-corrected chi connectivity index (χ2v) is 5.90. The quantitative estimate of drug-likeness (QED) is 0.742. The number of carbonyl (C=O) groups is 1. The molecule has 0 aliphatic heterocycles. The molecule has 0 radical (unpaired) electrons. The molecular weight excluding hydrogens is 312 g/mol. The van der Waals surface area contributed by atoms with Crippen LogP contribution in [-0.4, -0.2) is 29.3 Å². The molecule has 0 atom stereocenters. The third kappa shape index (κ3) is 4.07. The Morgan fingerprint density at radius 2 is 1.80 bits per heavy atom. The molecule has 0 aliphatic rings. The lowest BCUT2D eigenvalue weighted by Crippen LogP contribution is -2.18. The Morgan fingerprint density at radius 1 is 1.08 bits per heavy atom. The smallest absolute Gasteiger partial charge is 0.256 e. The number of nitrogens with one attached hydrogen (secondary N) is 1. The predicted molar refractivity (Wildman–Crippen MR) is 102 cm³/mol. The Labute approximate surface area is 147 Å². The number of carbonyl (C=O) groups excluding carboxylic acids is 1. The number of hydrogen-bond acceptors (Lipinski definition) is 3. The SMILES string of the molecule is CCCN(C)c1ccc(C(=O)Nc2ccn(-c3ccccc3)n2)cc1. The summed E-state index contributed by atoms with van der Waals surface area (Å²) in [6.07, 6.45) is 2.91. The molecule has 0 aliphatic carbocycles. The van der Waals surface area contributed by atoms with Crippen LogP contribution in [0.15, 0.2) is 66.9 Å². The highest BCUT2D eigenvalue weighted by molar-refractivity contribution is 6.03. The molecule has 128 valence electrons. The molecule has 0 unspecified atom stereocenters. The maximum absolute atomic E-state index is 12.4. The Hall–Kier alpha value is -3.08. The van der Waals surface area contributed by atoms with Gasteiger partial charge in [0, 0.05) is 37.1 Å². The maximum Gasteiger partial charge on any atom is 0.256 e. The van der Waals surface area contributed by atoms with Crippen molar-refractivity contribution in [3.05, 3.63) is 72.4 Å². The van der Waals surface area contributed by atoms with Gasteiger partial charge in [0.25, 0.3) is 5.91 Å². The zero-order chi connectivity index (χ0) is 17.6. The van der Waals surface area contributed by atoms with Crippen LogP contribution in [0.1, 0.15) is 23.7 Å². The summed E-state index contributed by atoms with van der Waals surface area (Å²) in [7, 11) is 2.05. The number of benzene rings is 2. The number of rotatable bonds is 6. The van der Waals surface area contributed by atoms with Gasteiger partial charge in [-0.15, -0.1) is 0 Å². The van der Waals surface area contributed by atoms with Crippen molar-refractivity contribution in [1.29, 1.82) is 0 Å². The highest BCUT2D eigenvalue weighted by Crippen LogP contribution is 2.16. The number of hydrogen-bond donors (Lipinski definition) is 1. The monoisotopic (exact) mass is 334 g/mol. The summed E-state index contributed by atoms with van der Waals surface area (Å²) in [6.45, 7) is 3.13. The largest absolute Gasteiger partial charge is 0.375 e. The zero-order valence-corrected chi connectivity index (χ0v) is 14.5. The average Bonchev–Trinajstić information content (AvgIpc) is 3.11. The molecule has 3 rings (SSSR count). The van der Waals surface area contributed by atoms with E-state index in [2.05, 4.69) is 29.3 Å². The van der Waals surface area contributed by atoms with Crippen molar-refractivity contribution in [2.45, 2.75) is 13.3 Å². The van der Waals surface area contributed by atoms with Gasteiger partial charge in [-0.2, -0.15) is 5.10 Å². The summed E-state index contributed by atoms with van der Waals surface area (Å²) in [5.41, 5.74) is 2.67. The van der Waals surface area contributed by atoms with Gasteiger partial charge in [0.15, 0.2) is 5.82 Å². The van der Waals surface area contributed by atoms with E-state index in [4.69, 9.17) is 0 Å². The molecule has 0 bridgehead atoms. The summed E-state index contributed by atoms with van der Waals surface area (Å²) >= 11 is 0. The van der Waals surface area contributed by atoms with Gasteiger partial charge in [-0.3, -0.25) is 4.79 Å². The van der Waals surface area contributed by atoms with Gasteiger partial charge in [0.2, 0.25) is 0 Å². The summed E-state index contributed by atoms with van der Waals surface area (Å²) in [4.78, 5) is 14.6. The van der Waals surface area contributed by atoms with Crippen molar-refractivity contribution in [3.63, 3.8) is 0 Å². The van der Waals surface area contributed by atoms with Crippen molar-refractivity contribution >= 4 is 17.4 Å². The van der Waals surface area contributed by atoms with E-state index < -0.39 is 0 Å². The minimum absolute atomic E-state index is 0.164. The molecule has 1 amide bonds. The molecule has 2 aromatic carbocycles. The fourth-order valence-corrected chi connectivity index (χ4v) is 2.64. The van der Waals surface area contributed by atoms with Gasteiger partial charge in [0.1, 0.15) is 0 Å². The lowest BCUT2D eigenvalue weighted by molar-refractivity contribution is 0.102. The van der Waals surface area contributed by atoms with Crippen molar-refractivity contribution in [1.82, 2.24) is 9.78 Å². The molecule has 1 N–H and O–H groups in total. The van der Waals surface area contributed by atoms with Crippen LogP contribution in [0.5, 0.6) is 0 Å². The second-order valence-electron chi connectivity index (χ2n) is 5.90. The van der Waals surface area contributed by atoms with Gasteiger partial charge < -0.3 is 10.2 Å². The van der Waals surface area contributed by atoms with E-state index >= 15 is 0 Å². The Kier molecular flexibility index (Phi) is 5.14. The molecule has 0 spiro atoms. The molecule has 1 aromatic heterocycles. The van der Waals surface area contributed by atoms with Gasteiger partial charge >= 0.3 is 0 Å². The average molecular weight is 334 g/mol. The number of anilines is 2. The number of aromatic nitrogens is 2. The van der Waals surface area contributed by atoms with E-state index in [1.807, 2.05) is 60.8 Å². The minimum Gasteiger partial charge on any atom is -0.375 e. The first kappa shape index (κ1) is 16.8. The number of amides is 1. The van der Waals surface area contributed by atoms with E-state index in [0.29, 0.717) is 11.4 Å². The summed E-state index contributed by atoms with van der Waals surface area (Å²) in [5.74, 6) is 0.365. The third-order valence-electron chi connectivity index (χ3n) is 3.98. The van der Waals surface area contributed by atoms with Gasteiger partial charge in [-0.1, -0.05) is 25.1 Å². The predicted octanol–water partition coefficient (Wildman–Crippen LogP) is 3.97. The van der Waals surface area contributed by atoms with E-state index in [1.54, 1.807) is 10.7 Å². The molecular formula is C20H22N4O. The Bertz CT molecular complexity index is 824. The van der Waals surface area contributed by atoms with Crippen molar-refractivity contribution < 1.29 is 4.79 Å². The molecule has 25 heavy (non-hydrogen) atoms. The van der Waals surface area contributed by atoms with Gasteiger partial charge in [-0.05, 0) is 42.8 Å². The van der Waals surface area contributed by atoms with Crippen LogP contribution in [0.25, 0.3) is 5.69 Å². The zero-order valence-electron chi connectivity index (χ0n) is 14.5. The van der Waals surface area contributed by atoms with Crippen LogP contribution in [0.4, 0.5) is 11.5 Å². The van der Waals surface area contributed by atoms with Crippen LogP contribution < -0.4 is 10.2 Å². The molecule has 3 aromatic rings. The normalized spacial score (nSPS) is 10.5. The minimum atomic E-state index is -0.164. The maximum atomic E-state index is 12.4.